The predicted molar refractivity (Wildman–Crippen MR) is 308 cm³/mol. The maximum Gasteiger partial charge on any atom is 0.253 e. The zero-order valence-corrected chi connectivity index (χ0v) is 48.1. The van der Waals surface area contributed by atoms with E-state index in [0.717, 1.165) is 74.7 Å². The van der Waals surface area contributed by atoms with Crippen LogP contribution in [0.15, 0.2) is 77.0 Å². The summed E-state index contributed by atoms with van der Waals surface area (Å²) < 4.78 is 22.5. The third-order valence-electron chi connectivity index (χ3n) is 14.5. The van der Waals surface area contributed by atoms with Crippen LogP contribution in [0, 0.1) is 33.1 Å². The molecule has 3 atom stereocenters. The number of carbonyl (C=O) groups is 5. The van der Waals surface area contributed by atoms with E-state index in [1.165, 1.54) is 4.90 Å². The Labute approximate surface area is 472 Å². The van der Waals surface area contributed by atoms with Crippen molar-refractivity contribution in [2.75, 3.05) is 77.4 Å². The molecule has 2 aromatic heterocycles. The number of likely N-dealkylation sites (tertiary alicyclic amines) is 1. The summed E-state index contributed by atoms with van der Waals surface area (Å²) in [6.45, 7) is 18.5. The number of aromatic amines is 1. The van der Waals surface area contributed by atoms with E-state index in [-0.39, 0.29) is 102 Å². The van der Waals surface area contributed by atoms with Crippen LogP contribution in [0.2, 0.25) is 0 Å². The third-order valence-corrected chi connectivity index (χ3v) is 15.5. The van der Waals surface area contributed by atoms with Crippen molar-refractivity contribution in [2.24, 2.45) is 5.41 Å². The minimum atomic E-state index is -0.994. The number of anilines is 1. The van der Waals surface area contributed by atoms with E-state index >= 15 is 0 Å². The quantitative estimate of drug-likeness (QED) is 0.0372. The van der Waals surface area contributed by atoms with Crippen molar-refractivity contribution in [3.05, 3.63) is 127 Å². The fourth-order valence-electron chi connectivity index (χ4n) is 10.1. The van der Waals surface area contributed by atoms with Crippen LogP contribution in [-0.4, -0.2) is 146 Å². The van der Waals surface area contributed by atoms with Gasteiger partial charge < -0.3 is 60.1 Å². The molecule has 6 N–H and O–H groups in total. The number of β-amino-alcohol motifs (C(OH)–C–C–N with tert-alkyl or cyclic N) is 1. The lowest BCUT2D eigenvalue weighted by molar-refractivity contribution is -0.144. The van der Waals surface area contributed by atoms with Crippen LogP contribution < -0.4 is 31.7 Å². The second-order valence-corrected chi connectivity index (χ2v) is 22.3. The van der Waals surface area contributed by atoms with Crippen molar-refractivity contribution in [2.45, 2.75) is 112 Å². The number of carbonyl (C=O) groups excluding carboxylic acids is 5. The first-order chi connectivity index (χ1) is 38.3. The van der Waals surface area contributed by atoms with E-state index in [4.69, 9.17) is 18.9 Å². The van der Waals surface area contributed by atoms with Gasteiger partial charge in [-0.15, -0.1) is 11.3 Å². The van der Waals surface area contributed by atoms with Gasteiger partial charge in [0.25, 0.3) is 17.4 Å². The number of rotatable bonds is 25. The fourth-order valence-corrected chi connectivity index (χ4v) is 10.9. The van der Waals surface area contributed by atoms with Crippen molar-refractivity contribution < 1.29 is 48.0 Å². The van der Waals surface area contributed by atoms with Gasteiger partial charge in [-0.25, -0.2) is 4.98 Å². The summed E-state index contributed by atoms with van der Waals surface area (Å²) in [5, 5.41) is 22.2. The first kappa shape index (κ1) is 60.8. The van der Waals surface area contributed by atoms with Gasteiger partial charge in [0.15, 0.2) is 0 Å². The topological polar surface area (TPSA) is 243 Å². The highest BCUT2D eigenvalue weighted by atomic mass is 32.1. The van der Waals surface area contributed by atoms with Crippen LogP contribution in [-0.2, 0) is 46.4 Å². The number of benzene rings is 3. The Kier molecular flexibility index (Phi) is 21.7. The highest BCUT2D eigenvalue weighted by Gasteiger charge is 2.44. The molecule has 4 heterocycles. The van der Waals surface area contributed by atoms with Gasteiger partial charge in [-0.1, -0.05) is 57.2 Å². The highest BCUT2D eigenvalue weighted by molar-refractivity contribution is 7.13. The molecule has 19 nitrogen and oxygen atoms in total. The molecule has 80 heavy (non-hydrogen) atoms. The van der Waals surface area contributed by atoms with Crippen LogP contribution in [0.25, 0.3) is 21.6 Å². The zero-order valence-electron chi connectivity index (χ0n) is 47.3. The number of thiazole rings is 1. The number of aliphatic hydroxyl groups excluding tert-OH is 1. The Balaban J connectivity index is 0.813. The average Bonchev–Trinajstić information content (AvgIpc) is 4.06. The van der Waals surface area contributed by atoms with Gasteiger partial charge in [0.1, 0.15) is 18.7 Å². The maximum absolute atomic E-state index is 14.0. The number of nitrogens with zero attached hydrogens (tertiary/aromatic N) is 3. The summed E-state index contributed by atoms with van der Waals surface area (Å²) in [7, 11) is 0. The molecule has 0 spiro atoms. The summed E-state index contributed by atoms with van der Waals surface area (Å²) in [6, 6.07) is 19.3. The number of hydrogen-bond donors (Lipinski definition) is 6. The molecule has 5 aromatic rings. The van der Waals surface area contributed by atoms with Crippen molar-refractivity contribution in [1.82, 2.24) is 36.1 Å². The van der Waals surface area contributed by atoms with E-state index in [1.54, 1.807) is 29.0 Å². The lowest BCUT2D eigenvalue weighted by atomic mass is 9.85. The molecule has 0 radical (unpaired) electrons. The summed E-state index contributed by atoms with van der Waals surface area (Å²) in [6.07, 6.45) is 0.930. The van der Waals surface area contributed by atoms with Gasteiger partial charge >= 0.3 is 0 Å². The summed E-state index contributed by atoms with van der Waals surface area (Å²) in [5.74, 6) is -1.92. The Bertz CT molecular complexity index is 2990. The summed E-state index contributed by atoms with van der Waals surface area (Å²) in [5.41, 5.74) is 10.2. The average molecular weight is 1120 g/mol. The van der Waals surface area contributed by atoms with Crippen molar-refractivity contribution in [3.8, 4) is 21.6 Å². The normalized spacial score (nSPS) is 16.0. The molecule has 0 aliphatic carbocycles. The number of ether oxygens (including phenoxy) is 4. The molecule has 5 amide bonds. The maximum atomic E-state index is 14.0. The molecule has 2 fully saturated rings. The van der Waals surface area contributed by atoms with Crippen molar-refractivity contribution in [1.29, 1.82) is 0 Å². The minimum absolute atomic E-state index is 0.0361. The Morgan fingerprint density at radius 2 is 1.51 bits per heavy atom. The summed E-state index contributed by atoms with van der Waals surface area (Å²) in [4.78, 5) is 92.3. The predicted octanol–water partition coefficient (Wildman–Crippen LogP) is 5.92. The van der Waals surface area contributed by atoms with Gasteiger partial charge in [-0.3, -0.25) is 28.8 Å². The lowest BCUT2D eigenvalue weighted by Gasteiger charge is -2.37. The molecule has 0 saturated carbocycles. The van der Waals surface area contributed by atoms with Crippen LogP contribution in [0.5, 0.6) is 0 Å². The Hall–Kier alpha value is -6.81. The number of aliphatic hydroxyl groups is 1. The zero-order chi connectivity index (χ0) is 57.5. The number of aromatic nitrogens is 2. The van der Waals surface area contributed by atoms with Crippen molar-refractivity contribution >= 4 is 46.6 Å². The van der Waals surface area contributed by atoms with Crippen LogP contribution >= 0.6 is 11.3 Å². The number of amides is 5. The molecular formula is C60H78N8O11S. The molecule has 3 aromatic carbocycles. The molecule has 430 valence electrons. The third kappa shape index (κ3) is 16.2. The van der Waals surface area contributed by atoms with Gasteiger partial charge in [0.2, 0.25) is 17.7 Å². The number of hydrogen-bond acceptors (Lipinski definition) is 14. The summed E-state index contributed by atoms with van der Waals surface area (Å²) >= 11 is 1.56. The number of pyridine rings is 1. The molecule has 0 unspecified atom stereocenters. The minimum Gasteiger partial charge on any atom is -0.391 e. The van der Waals surface area contributed by atoms with Crippen molar-refractivity contribution in [3.63, 3.8) is 0 Å². The van der Waals surface area contributed by atoms with Gasteiger partial charge in [-0.2, -0.15) is 0 Å². The smallest absolute Gasteiger partial charge is 0.253 e. The number of aryl methyl sites for hydroxylation is 3. The van der Waals surface area contributed by atoms with Gasteiger partial charge in [0.05, 0.1) is 55.2 Å². The first-order valence-corrected chi connectivity index (χ1v) is 28.3. The molecular weight excluding hydrogens is 1040 g/mol. The van der Waals surface area contributed by atoms with Gasteiger partial charge in [0, 0.05) is 86.5 Å². The first-order valence-electron chi connectivity index (χ1n) is 27.5. The van der Waals surface area contributed by atoms with Crippen LogP contribution in [0.4, 0.5) is 5.69 Å². The number of H-pyrrole nitrogens is 1. The fraction of sp³-hybridized carbons (Fsp3) is 0.483. The Morgan fingerprint density at radius 3 is 2.16 bits per heavy atom. The molecule has 2 aliphatic heterocycles. The SMILES string of the molecule is CCN(c1cc(-c2ccc(C(=O)NCCOCCOCCOCC(=O)N[C@H](C(=O)N3C[C@H](O)C[C@H]3C(=O)NCc3ccc(-c4scnc4C)cc3)C(C)(C)C)cc2)cc(C(=O)NCc2c(C)cc(C)[nH]c2=O)c1C)C1CCOCC1. The van der Waals surface area contributed by atoms with E-state index in [9.17, 15) is 33.9 Å². The molecule has 2 aliphatic rings. The lowest BCUT2D eigenvalue weighted by Crippen LogP contribution is -2.58. The van der Waals surface area contributed by atoms with E-state index in [1.807, 2.05) is 97.0 Å². The monoisotopic (exact) mass is 1120 g/mol. The van der Waals surface area contributed by atoms with E-state index in [2.05, 4.69) is 49.1 Å². The second kappa shape index (κ2) is 28.6. The van der Waals surface area contributed by atoms with Crippen LogP contribution in [0.1, 0.15) is 101 Å². The van der Waals surface area contributed by atoms with E-state index in [0.29, 0.717) is 29.9 Å². The van der Waals surface area contributed by atoms with E-state index < -0.39 is 35.4 Å². The molecule has 20 heteroatoms. The largest absolute Gasteiger partial charge is 0.391 e. The highest BCUT2D eigenvalue weighted by Crippen LogP contribution is 2.35. The molecule has 0 bridgehead atoms. The van der Waals surface area contributed by atoms with Gasteiger partial charge in [-0.05, 0) is 117 Å². The number of nitrogens with one attached hydrogen (secondary N) is 5. The second-order valence-electron chi connectivity index (χ2n) is 21.5. The Morgan fingerprint density at radius 1 is 0.838 bits per heavy atom. The van der Waals surface area contributed by atoms with Crippen LogP contribution in [0.3, 0.4) is 0 Å². The molecule has 7 rings (SSSR count). The molecule has 2 saturated heterocycles. The standard InChI is InChI=1S/C60H78N8O11S/c1-9-67(46-18-21-76-22-19-46)50-30-45(29-48(39(50)4)56(72)63-33-49-37(2)28-38(3)65-57(49)73)42-14-16-44(17-15-42)55(71)61-20-23-77-24-25-78-26-27-79-35-52(70)66-54(60(6,7)8)59(75)68-34-47(69)31-51(68)58(74)62-32-41-10-12-43(13-11-41)53-40(5)64-36-80-53/h10-17,28-30,36,46-47,51,54,69H,9,18-27,31-35H2,1-8H3,(H,61,71)(H,62,74)(H,63,72)(H,65,73)(H,66,70)/t47-,51+,54-/m1/s1.